The first-order chi connectivity index (χ1) is 5.24. The fourth-order valence-corrected chi connectivity index (χ4v) is 1.39. The van der Waals surface area contributed by atoms with E-state index in [0.29, 0.717) is 0 Å². The van der Waals surface area contributed by atoms with Crippen LogP contribution in [0.2, 0.25) is 0 Å². The highest BCUT2D eigenvalue weighted by Gasteiger charge is 2.54. The van der Waals surface area contributed by atoms with Crippen molar-refractivity contribution in [1.29, 1.82) is 0 Å². The van der Waals surface area contributed by atoms with Crippen LogP contribution < -0.4 is 0 Å². The van der Waals surface area contributed by atoms with Crippen molar-refractivity contribution in [3.8, 4) is 0 Å². The molecule has 3 saturated heterocycles. The van der Waals surface area contributed by atoms with E-state index in [9.17, 15) is 5.11 Å². The molecule has 0 radical (unpaired) electrons. The molecule has 5 heteroatoms. The van der Waals surface area contributed by atoms with Crippen LogP contribution in [0.25, 0.3) is 0 Å². The molecule has 11 heavy (non-hydrogen) atoms. The average molecular weight is 162 g/mol. The van der Waals surface area contributed by atoms with Gasteiger partial charge < -0.3 is 24.8 Å². The number of fused-ring (bicyclic) bond motifs is 2. The lowest BCUT2D eigenvalue weighted by molar-refractivity contribution is -0.407. The predicted octanol–water partition coefficient (Wildman–Crippen LogP) is -2.18. The quantitative estimate of drug-likeness (QED) is 0.408. The van der Waals surface area contributed by atoms with Crippen LogP contribution in [-0.2, 0) is 9.47 Å². The first-order valence-electron chi connectivity index (χ1n) is 3.52. The lowest BCUT2D eigenvalue weighted by atomic mass is 9.94. The summed E-state index contributed by atoms with van der Waals surface area (Å²) >= 11 is 0. The van der Waals surface area contributed by atoms with Gasteiger partial charge in [-0.3, -0.25) is 0 Å². The smallest absolute Gasteiger partial charge is 0.187 e. The Hall–Kier alpha value is -0.200. The van der Waals surface area contributed by atoms with Crippen molar-refractivity contribution in [3.05, 3.63) is 0 Å². The van der Waals surface area contributed by atoms with Gasteiger partial charge in [-0.25, -0.2) is 0 Å². The zero-order valence-electron chi connectivity index (χ0n) is 5.75. The van der Waals surface area contributed by atoms with Crippen LogP contribution in [0.5, 0.6) is 0 Å². The minimum Gasteiger partial charge on any atom is -0.394 e. The minimum atomic E-state index is -0.917. The van der Waals surface area contributed by atoms with Crippen LogP contribution in [0.1, 0.15) is 0 Å². The van der Waals surface area contributed by atoms with E-state index in [4.69, 9.17) is 19.7 Å². The Bertz CT molecular complexity index is 159. The van der Waals surface area contributed by atoms with Gasteiger partial charge in [0.15, 0.2) is 6.29 Å². The van der Waals surface area contributed by atoms with Gasteiger partial charge in [-0.15, -0.1) is 0 Å². The number of rotatable bonds is 1. The maximum absolute atomic E-state index is 9.28. The van der Waals surface area contributed by atoms with Crippen molar-refractivity contribution in [1.82, 2.24) is 0 Å². The van der Waals surface area contributed by atoms with E-state index < -0.39 is 30.7 Å². The molecule has 0 aromatic heterocycles. The normalized spacial score (nSPS) is 55.4. The zero-order chi connectivity index (χ0) is 8.01. The molecule has 0 aromatic rings. The fraction of sp³-hybridized carbons (Fsp3) is 1.00. The molecule has 0 amide bonds. The number of aliphatic hydroxyl groups is 3. The van der Waals surface area contributed by atoms with Crippen molar-refractivity contribution in [3.63, 3.8) is 0 Å². The van der Waals surface area contributed by atoms with E-state index >= 15 is 0 Å². The molecule has 0 aromatic carbocycles. The molecule has 3 heterocycles. The highest BCUT2D eigenvalue weighted by atomic mass is 16.8. The Balaban J connectivity index is 2.03. The lowest BCUT2D eigenvalue weighted by Gasteiger charge is -2.51. The summed E-state index contributed by atoms with van der Waals surface area (Å²) in [6.07, 6.45) is -3.50. The molecule has 0 aliphatic carbocycles. The first kappa shape index (κ1) is 7.45. The molecule has 1 unspecified atom stereocenters. The molecular formula is C6H10O5. The van der Waals surface area contributed by atoms with E-state index in [1.165, 1.54) is 0 Å². The Labute approximate surface area is 63.2 Å². The van der Waals surface area contributed by atoms with Crippen molar-refractivity contribution in [2.75, 3.05) is 6.61 Å². The third kappa shape index (κ3) is 0.896. The largest absolute Gasteiger partial charge is 0.394 e. The lowest BCUT2D eigenvalue weighted by Crippen LogP contribution is -2.69. The van der Waals surface area contributed by atoms with Crippen molar-refractivity contribution in [2.45, 2.75) is 30.7 Å². The predicted molar refractivity (Wildman–Crippen MR) is 32.6 cm³/mol. The van der Waals surface area contributed by atoms with Gasteiger partial charge in [0.25, 0.3) is 0 Å². The molecule has 0 saturated carbocycles. The molecule has 3 rings (SSSR count). The van der Waals surface area contributed by atoms with Crippen molar-refractivity contribution < 1.29 is 24.8 Å². The maximum atomic E-state index is 9.28. The highest BCUT2D eigenvalue weighted by Crippen LogP contribution is 2.33. The molecule has 2 bridgehead atoms. The summed E-state index contributed by atoms with van der Waals surface area (Å²) in [6, 6.07) is 0. The van der Waals surface area contributed by atoms with Gasteiger partial charge in [-0.2, -0.15) is 0 Å². The Morgan fingerprint density at radius 3 is 2.27 bits per heavy atom. The molecule has 3 aliphatic heterocycles. The number of aliphatic hydroxyl groups excluding tert-OH is 3. The summed E-state index contributed by atoms with van der Waals surface area (Å²) in [7, 11) is 0. The van der Waals surface area contributed by atoms with Crippen LogP contribution in [0.15, 0.2) is 0 Å². The molecule has 3 aliphatic rings. The summed E-state index contributed by atoms with van der Waals surface area (Å²) in [5.74, 6) is 0. The summed E-state index contributed by atoms with van der Waals surface area (Å²) < 4.78 is 9.85. The van der Waals surface area contributed by atoms with Crippen LogP contribution in [-0.4, -0.2) is 52.6 Å². The van der Waals surface area contributed by atoms with E-state index in [2.05, 4.69) is 0 Å². The third-order valence-electron chi connectivity index (χ3n) is 2.11. The molecule has 5 atom stereocenters. The Morgan fingerprint density at radius 2 is 1.82 bits per heavy atom. The van der Waals surface area contributed by atoms with E-state index in [0.717, 1.165) is 0 Å². The molecule has 0 spiro atoms. The Morgan fingerprint density at radius 1 is 1.09 bits per heavy atom. The molecule has 3 fully saturated rings. The third-order valence-corrected chi connectivity index (χ3v) is 2.11. The number of hydrogen-bond acceptors (Lipinski definition) is 5. The molecule has 64 valence electrons. The second-order valence-electron chi connectivity index (χ2n) is 2.81. The van der Waals surface area contributed by atoms with Gasteiger partial charge >= 0.3 is 0 Å². The van der Waals surface area contributed by atoms with Crippen LogP contribution in [0.3, 0.4) is 0 Å². The van der Waals surface area contributed by atoms with E-state index in [-0.39, 0.29) is 6.61 Å². The topological polar surface area (TPSA) is 79.2 Å². The molecule has 5 nitrogen and oxygen atoms in total. The average Bonchev–Trinajstić information content (AvgIpc) is 2.03. The van der Waals surface area contributed by atoms with Crippen LogP contribution >= 0.6 is 0 Å². The highest BCUT2D eigenvalue weighted by molar-refractivity contribution is 4.97. The van der Waals surface area contributed by atoms with Crippen LogP contribution in [0.4, 0.5) is 0 Å². The van der Waals surface area contributed by atoms with Crippen molar-refractivity contribution in [2.24, 2.45) is 0 Å². The van der Waals surface area contributed by atoms with E-state index in [1.807, 2.05) is 0 Å². The second-order valence-corrected chi connectivity index (χ2v) is 2.81. The molecular weight excluding hydrogens is 152 g/mol. The minimum absolute atomic E-state index is 0.246. The number of hydrogen-bond donors (Lipinski definition) is 3. The second kappa shape index (κ2) is 2.40. The maximum Gasteiger partial charge on any atom is 0.187 e. The van der Waals surface area contributed by atoms with Gasteiger partial charge in [-0.1, -0.05) is 0 Å². The summed E-state index contributed by atoms with van der Waals surface area (Å²) in [6.45, 7) is -0.246. The van der Waals surface area contributed by atoms with Crippen molar-refractivity contribution >= 4 is 0 Å². The molecule has 3 N–H and O–H groups in total. The fourth-order valence-electron chi connectivity index (χ4n) is 1.39. The Kier molecular flexibility index (Phi) is 1.62. The van der Waals surface area contributed by atoms with Gasteiger partial charge in [0.05, 0.1) is 6.61 Å². The summed E-state index contributed by atoms with van der Waals surface area (Å²) in [5.41, 5.74) is 0. The SMILES string of the molecule is OC[C@H]1OC2O[C@@H]([C@@H]1O)[C@H]2O. The monoisotopic (exact) mass is 162 g/mol. The standard InChI is InChI=1S/C6H10O5/c7-1-2-3(8)5-4(9)6(10-2)11-5/h2-9H,1H2/t2-,3-,4-,5+,6?/m1/s1. The van der Waals surface area contributed by atoms with Gasteiger partial charge in [0.1, 0.15) is 24.4 Å². The van der Waals surface area contributed by atoms with Gasteiger partial charge in [-0.05, 0) is 0 Å². The van der Waals surface area contributed by atoms with Crippen LogP contribution in [0, 0.1) is 0 Å². The van der Waals surface area contributed by atoms with Gasteiger partial charge in [0.2, 0.25) is 0 Å². The van der Waals surface area contributed by atoms with Gasteiger partial charge in [0, 0.05) is 0 Å². The zero-order valence-corrected chi connectivity index (χ0v) is 5.75. The van der Waals surface area contributed by atoms with E-state index in [1.54, 1.807) is 0 Å². The first-order valence-corrected chi connectivity index (χ1v) is 3.52. The summed E-state index contributed by atoms with van der Waals surface area (Å²) in [4.78, 5) is 0. The number of ether oxygens (including phenoxy) is 2. The summed E-state index contributed by atoms with van der Waals surface area (Å²) in [5, 5.41) is 27.1.